The van der Waals surface area contributed by atoms with Crippen LogP contribution >= 0.6 is 11.6 Å². The lowest BCUT2D eigenvalue weighted by Crippen LogP contribution is -2.17. The molecule has 0 aliphatic heterocycles. The van der Waals surface area contributed by atoms with Crippen LogP contribution in [0.1, 0.15) is 42.1 Å². The van der Waals surface area contributed by atoms with E-state index in [2.05, 4.69) is 17.5 Å². The number of hydrazone groups is 1. The number of hydrogen-bond donors (Lipinski definition) is 1. The van der Waals surface area contributed by atoms with Gasteiger partial charge in [-0.15, -0.1) is 0 Å². The topological polar surface area (TPSA) is 59.9 Å². The van der Waals surface area contributed by atoms with Crippen LogP contribution in [0.2, 0.25) is 5.02 Å². The number of halogens is 1. The molecule has 2 rings (SSSR count). The van der Waals surface area contributed by atoms with Gasteiger partial charge in [-0.1, -0.05) is 43.5 Å². The highest BCUT2D eigenvalue weighted by Gasteiger charge is 2.08. The van der Waals surface area contributed by atoms with Gasteiger partial charge >= 0.3 is 0 Å². The van der Waals surface area contributed by atoms with Crippen LogP contribution in [0.4, 0.5) is 0 Å². The summed E-state index contributed by atoms with van der Waals surface area (Å²) in [4.78, 5) is 12.1. The molecular weight excluding hydrogens is 352 g/mol. The molecule has 0 heterocycles. The van der Waals surface area contributed by atoms with Crippen molar-refractivity contribution in [2.24, 2.45) is 5.10 Å². The van der Waals surface area contributed by atoms with Crippen molar-refractivity contribution < 1.29 is 14.3 Å². The fraction of sp³-hybridized carbons (Fsp3) is 0.300. The molecule has 26 heavy (non-hydrogen) atoms. The van der Waals surface area contributed by atoms with E-state index in [9.17, 15) is 4.79 Å². The number of rotatable bonds is 9. The minimum absolute atomic E-state index is 0.366. The standard InChI is InChI=1S/C20H23ClN2O3/c1-3-4-7-12-26-18-11-10-15(13-19(18)25-2)14-22-23-20(24)16-8-5-6-9-17(16)21/h5-6,8-11,13-14H,3-4,7,12H2,1-2H3,(H,23,24). The smallest absolute Gasteiger partial charge is 0.272 e. The Kier molecular flexibility index (Phi) is 7.96. The van der Waals surface area contributed by atoms with Crippen molar-refractivity contribution in [2.45, 2.75) is 26.2 Å². The summed E-state index contributed by atoms with van der Waals surface area (Å²) in [6.07, 6.45) is 4.84. The van der Waals surface area contributed by atoms with Gasteiger partial charge in [-0.3, -0.25) is 4.79 Å². The minimum atomic E-state index is -0.366. The first-order chi connectivity index (χ1) is 12.7. The summed E-state index contributed by atoms with van der Waals surface area (Å²) in [5, 5.41) is 4.35. The van der Waals surface area contributed by atoms with E-state index in [-0.39, 0.29) is 5.91 Å². The maximum atomic E-state index is 12.1. The monoisotopic (exact) mass is 374 g/mol. The molecule has 2 aromatic rings. The highest BCUT2D eigenvalue weighted by molar-refractivity contribution is 6.33. The predicted octanol–water partition coefficient (Wildman–Crippen LogP) is 4.68. The van der Waals surface area contributed by atoms with Crippen LogP contribution in [-0.4, -0.2) is 25.8 Å². The van der Waals surface area contributed by atoms with Crippen LogP contribution < -0.4 is 14.9 Å². The zero-order valence-electron chi connectivity index (χ0n) is 15.0. The van der Waals surface area contributed by atoms with E-state index >= 15 is 0 Å². The summed E-state index contributed by atoms with van der Waals surface area (Å²) in [5.74, 6) is 0.957. The van der Waals surface area contributed by atoms with E-state index < -0.39 is 0 Å². The van der Waals surface area contributed by atoms with Crippen molar-refractivity contribution in [1.82, 2.24) is 5.43 Å². The van der Waals surface area contributed by atoms with Crippen LogP contribution in [0.3, 0.4) is 0 Å². The second-order valence-electron chi connectivity index (χ2n) is 5.64. The number of amides is 1. The highest BCUT2D eigenvalue weighted by atomic mass is 35.5. The molecule has 5 nitrogen and oxygen atoms in total. The van der Waals surface area contributed by atoms with Gasteiger partial charge in [-0.25, -0.2) is 5.43 Å². The summed E-state index contributed by atoms with van der Waals surface area (Å²) in [7, 11) is 1.59. The number of carbonyl (C=O) groups is 1. The van der Waals surface area contributed by atoms with Crippen molar-refractivity contribution in [3.05, 3.63) is 58.6 Å². The first-order valence-electron chi connectivity index (χ1n) is 8.54. The third-order valence-corrected chi connectivity index (χ3v) is 4.02. The van der Waals surface area contributed by atoms with E-state index in [0.29, 0.717) is 28.7 Å². The van der Waals surface area contributed by atoms with Gasteiger partial charge in [-0.2, -0.15) is 5.10 Å². The van der Waals surface area contributed by atoms with Crippen molar-refractivity contribution in [1.29, 1.82) is 0 Å². The van der Waals surface area contributed by atoms with Crippen LogP contribution in [-0.2, 0) is 0 Å². The fourth-order valence-corrected chi connectivity index (χ4v) is 2.51. The lowest BCUT2D eigenvalue weighted by Gasteiger charge is -2.11. The molecule has 0 radical (unpaired) electrons. The van der Waals surface area contributed by atoms with Crippen LogP contribution in [0.5, 0.6) is 11.5 Å². The summed E-state index contributed by atoms with van der Waals surface area (Å²) < 4.78 is 11.1. The van der Waals surface area contributed by atoms with Gasteiger partial charge < -0.3 is 9.47 Å². The number of nitrogens with zero attached hydrogens (tertiary/aromatic N) is 1. The Morgan fingerprint density at radius 3 is 2.73 bits per heavy atom. The lowest BCUT2D eigenvalue weighted by molar-refractivity contribution is 0.0955. The Morgan fingerprint density at radius 1 is 1.19 bits per heavy atom. The molecule has 0 aliphatic rings. The Morgan fingerprint density at radius 2 is 2.00 bits per heavy atom. The Labute approximate surface area is 159 Å². The molecule has 0 saturated carbocycles. The number of unbranched alkanes of at least 4 members (excludes halogenated alkanes) is 2. The van der Waals surface area contributed by atoms with Gasteiger partial charge in [0.15, 0.2) is 11.5 Å². The maximum absolute atomic E-state index is 12.1. The van der Waals surface area contributed by atoms with Gasteiger partial charge in [0.1, 0.15) is 0 Å². The first-order valence-corrected chi connectivity index (χ1v) is 8.92. The molecule has 1 amide bonds. The maximum Gasteiger partial charge on any atom is 0.272 e. The van der Waals surface area contributed by atoms with Crippen LogP contribution in [0.25, 0.3) is 0 Å². The van der Waals surface area contributed by atoms with Gasteiger partial charge in [-0.05, 0) is 42.3 Å². The molecule has 6 heteroatoms. The van der Waals surface area contributed by atoms with E-state index in [1.54, 1.807) is 37.4 Å². The van der Waals surface area contributed by atoms with Crippen molar-refractivity contribution in [3.63, 3.8) is 0 Å². The first kappa shape index (κ1) is 19.8. The zero-order chi connectivity index (χ0) is 18.8. The van der Waals surface area contributed by atoms with E-state index in [4.69, 9.17) is 21.1 Å². The molecule has 0 saturated heterocycles. The quantitative estimate of drug-likeness (QED) is 0.394. The number of hydrogen-bond acceptors (Lipinski definition) is 4. The molecule has 138 valence electrons. The molecule has 0 aliphatic carbocycles. The fourth-order valence-electron chi connectivity index (χ4n) is 2.29. The normalized spacial score (nSPS) is 10.7. The summed E-state index contributed by atoms with van der Waals surface area (Å²) >= 11 is 5.99. The largest absolute Gasteiger partial charge is 0.493 e. The number of ether oxygens (including phenoxy) is 2. The van der Waals surface area contributed by atoms with Gasteiger partial charge in [0.25, 0.3) is 5.91 Å². The third-order valence-electron chi connectivity index (χ3n) is 3.69. The Hall–Kier alpha value is -2.53. The highest BCUT2D eigenvalue weighted by Crippen LogP contribution is 2.27. The summed E-state index contributed by atoms with van der Waals surface area (Å²) in [6, 6.07) is 12.3. The van der Waals surface area contributed by atoms with Gasteiger partial charge in [0, 0.05) is 0 Å². The SMILES string of the molecule is CCCCCOc1ccc(C=NNC(=O)c2ccccc2Cl)cc1OC. The van der Waals surface area contributed by atoms with E-state index in [1.807, 2.05) is 12.1 Å². The average Bonchev–Trinajstić information content (AvgIpc) is 2.66. The van der Waals surface area contributed by atoms with Crippen molar-refractivity contribution in [3.8, 4) is 11.5 Å². The molecule has 0 bridgehead atoms. The zero-order valence-corrected chi connectivity index (χ0v) is 15.8. The van der Waals surface area contributed by atoms with Crippen LogP contribution in [0.15, 0.2) is 47.6 Å². The number of benzene rings is 2. The Balaban J connectivity index is 1.97. The predicted molar refractivity (Wildman–Crippen MR) is 105 cm³/mol. The number of nitrogens with one attached hydrogen (secondary N) is 1. The van der Waals surface area contributed by atoms with Crippen molar-refractivity contribution >= 4 is 23.7 Å². The summed E-state index contributed by atoms with van der Waals surface area (Å²) in [6.45, 7) is 2.81. The van der Waals surface area contributed by atoms with Crippen molar-refractivity contribution in [2.75, 3.05) is 13.7 Å². The molecule has 0 spiro atoms. The van der Waals surface area contributed by atoms with Gasteiger partial charge in [0.05, 0.1) is 30.5 Å². The lowest BCUT2D eigenvalue weighted by atomic mass is 10.2. The molecule has 0 aromatic heterocycles. The molecule has 0 fully saturated rings. The second-order valence-corrected chi connectivity index (χ2v) is 6.05. The number of methoxy groups -OCH3 is 1. The number of carbonyl (C=O) groups excluding carboxylic acids is 1. The van der Waals surface area contributed by atoms with Gasteiger partial charge in [0.2, 0.25) is 0 Å². The van der Waals surface area contributed by atoms with E-state index in [0.717, 1.165) is 24.8 Å². The van der Waals surface area contributed by atoms with E-state index in [1.165, 1.54) is 6.21 Å². The average molecular weight is 375 g/mol. The Bertz CT molecular complexity index is 762. The summed E-state index contributed by atoms with van der Waals surface area (Å²) in [5.41, 5.74) is 3.62. The minimum Gasteiger partial charge on any atom is -0.493 e. The molecule has 2 aromatic carbocycles. The van der Waals surface area contributed by atoms with Crippen LogP contribution in [0, 0.1) is 0 Å². The molecule has 1 N–H and O–H groups in total. The molecular formula is C20H23ClN2O3. The molecule has 0 atom stereocenters. The molecule has 0 unspecified atom stereocenters. The third kappa shape index (κ3) is 5.77. The second kappa shape index (κ2) is 10.5.